The van der Waals surface area contributed by atoms with Crippen LogP contribution >= 0.6 is 11.3 Å². The number of thiophene rings is 1. The zero-order valence-electron chi connectivity index (χ0n) is 16.0. The monoisotopic (exact) mass is 404 g/mol. The molecule has 0 atom stereocenters. The number of pyridine rings is 1. The average molecular weight is 404 g/mol. The molecular weight excluding hydrogens is 384 g/mol. The number of carbonyl (C=O) groups excluding carboxylic acids is 1. The number of nitrogens with zero attached hydrogens (tertiary/aromatic N) is 4. The fraction of sp³-hybridized carbons (Fsp3) is 0.182. The van der Waals surface area contributed by atoms with E-state index in [1.165, 1.54) is 5.56 Å². The molecule has 7 heteroatoms. The minimum absolute atomic E-state index is 0.213. The number of benzene rings is 1. The topological polar surface area (TPSA) is 73.3 Å². The van der Waals surface area contributed by atoms with Gasteiger partial charge in [0.1, 0.15) is 5.49 Å². The van der Waals surface area contributed by atoms with Gasteiger partial charge in [0, 0.05) is 36.5 Å². The molecule has 0 aliphatic heterocycles. The molecule has 4 rings (SSSR count). The first-order chi connectivity index (χ1) is 14.2. The molecule has 3 heterocycles. The van der Waals surface area contributed by atoms with E-state index in [0.717, 1.165) is 11.1 Å². The predicted molar refractivity (Wildman–Crippen MR) is 111 cm³/mol. The zero-order chi connectivity index (χ0) is 20.1. The Morgan fingerprint density at radius 1 is 1.17 bits per heavy atom. The molecule has 0 bridgehead atoms. The summed E-state index contributed by atoms with van der Waals surface area (Å²) < 4.78 is 7.21. The molecule has 1 aromatic carbocycles. The molecule has 0 aliphatic rings. The SMILES string of the molecule is Cc1ccc(Cn2ccccc2=NC(=O)CCc2nc(-c3ccsc3)no2)cc1. The van der Waals surface area contributed by atoms with Gasteiger partial charge in [0.15, 0.2) is 0 Å². The summed E-state index contributed by atoms with van der Waals surface area (Å²) in [6.07, 6.45) is 2.51. The van der Waals surface area contributed by atoms with Crippen LogP contribution in [0.3, 0.4) is 0 Å². The van der Waals surface area contributed by atoms with Crippen molar-refractivity contribution in [3.63, 3.8) is 0 Å². The van der Waals surface area contributed by atoms with E-state index >= 15 is 0 Å². The van der Waals surface area contributed by atoms with Gasteiger partial charge in [0.05, 0.1) is 0 Å². The third kappa shape index (κ3) is 4.94. The maximum atomic E-state index is 12.4. The van der Waals surface area contributed by atoms with Crippen molar-refractivity contribution in [3.8, 4) is 11.4 Å². The molecule has 146 valence electrons. The van der Waals surface area contributed by atoms with Crippen molar-refractivity contribution in [1.29, 1.82) is 0 Å². The summed E-state index contributed by atoms with van der Waals surface area (Å²) in [6, 6.07) is 15.9. The van der Waals surface area contributed by atoms with E-state index in [1.807, 2.05) is 45.8 Å². The Balaban J connectivity index is 1.44. The molecule has 1 amide bonds. The predicted octanol–water partition coefficient (Wildman–Crippen LogP) is 4.02. The third-order valence-corrected chi connectivity index (χ3v) is 5.11. The number of rotatable bonds is 6. The molecule has 0 unspecified atom stereocenters. The first kappa shape index (κ1) is 19.0. The van der Waals surface area contributed by atoms with Gasteiger partial charge < -0.3 is 9.09 Å². The van der Waals surface area contributed by atoms with Crippen molar-refractivity contribution in [2.45, 2.75) is 26.3 Å². The normalized spacial score (nSPS) is 11.7. The van der Waals surface area contributed by atoms with Gasteiger partial charge in [0.25, 0.3) is 0 Å². The second-order valence-corrected chi connectivity index (χ2v) is 7.48. The lowest BCUT2D eigenvalue weighted by Crippen LogP contribution is -2.22. The fourth-order valence-corrected chi connectivity index (χ4v) is 3.49. The first-order valence-electron chi connectivity index (χ1n) is 9.31. The second-order valence-electron chi connectivity index (χ2n) is 6.70. The van der Waals surface area contributed by atoms with Gasteiger partial charge in [-0.05, 0) is 36.1 Å². The average Bonchev–Trinajstić information content (AvgIpc) is 3.41. The van der Waals surface area contributed by atoms with Gasteiger partial charge in [-0.15, -0.1) is 0 Å². The lowest BCUT2D eigenvalue weighted by atomic mass is 10.1. The van der Waals surface area contributed by atoms with Crippen molar-refractivity contribution in [2.75, 3.05) is 0 Å². The Labute approximate surface area is 172 Å². The summed E-state index contributed by atoms with van der Waals surface area (Å²) in [7, 11) is 0. The number of aromatic nitrogens is 3. The summed E-state index contributed by atoms with van der Waals surface area (Å²) in [5, 5.41) is 7.88. The van der Waals surface area contributed by atoms with Crippen LogP contribution in [-0.4, -0.2) is 20.6 Å². The summed E-state index contributed by atoms with van der Waals surface area (Å²) >= 11 is 1.57. The van der Waals surface area contributed by atoms with Crippen LogP contribution in [0.4, 0.5) is 0 Å². The highest BCUT2D eigenvalue weighted by molar-refractivity contribution is 7.08. The number of aryl methyl sites for hydroxylation is 2. The third-order valence-electron chi connectivity index (χ3n) is 4.43. The molecule has 6 nitrogen and oxygen atoms in total. The van der Waals surface area contributed by atoms with Crippen LogP contribution in [-0.2, 0) is 17.8 Å². The van der Waals surface area contributed by atoms with E-state index in [1.54, 1.807) is 11.3 Å². The molecule has 29 heavy (non-hydrogen) atoms. The Morgan fingerprint density at radius 2 is 2.03 bits per heavy atom. The van der Waals surface area contributed by atoms with E-state index < -0.39 is 0 Å². The molecule has 3 aromatic heterocycles. The van der Waals surface area contributed by atoms with Crippen molar-refractivity contribution < 1.29 is 9.32 Å². The minimum Gasteiger partial charge on any atom is -0.339 e. The molecule has 0 aliphatic carbocycles. The molecule has 4 aromatic rings. The van der Waals surface area contributed by atoms with E-state index in [-0.39, 0.29) is 12.3 Å². The Kier molecular flexibility index (Phi) is 5.76. The molecular formula is C22H20N4O2S. The fourth-order valence-electron chi connectivity index (χ4n) is 2.86. The quantitative estimate of drug-likeness (QED) is 0.487. The standard InChI is InChI=1S/C22H20N4O2S/c1-16-5-7-17(8-6-16)14-26-12-3-2-4-19(26)23-20(27)9-10-21-24-22(25-28-21)18-11-13-29-15-18/h2-8,11-13,15H,9-10,14H2,1H3. The van der Waals surface area contributed by atoms with E-state index in [9.17, 15) is 4.79 Å². The van der Waals surface area contributed by atoms with Crippen LogP contribution in [0.2, 0.25) is 0 Å². The van der Waals surface area contributed by atoms with Gasteiger partial charge in [-0.3, -0.25) is 4.79 Å². The first-order valence-corrected chi connectivity index (χ1v) is 10.3. The lowest BCUT2D eigenvalue weighted by molar-refractivity contribution is -0.118. The molecule has 0 spiro atoms. The van der Waals surface area contributed by atoms with Crippen molar-refractivity contribution in [2.24, 2.45) is 4.99 Å². The van der Waals surface area contributed by atoms with E-state index in [0.29, 0.717) is 30.2 Å². The van der Waals surface area contributed by atoms with Crippen molar-refractivity contribution in [1.82, 2.24) is 14.7 Å². The Morgan fingerprint density at radius 3 is 2.83 bits per heavy atom. The van der Waals surface area contributed by atoms with E-state index in [4.69, 9.17) is 4.52 Å². The largest absolute Gasteiger partial charge is 0.339 e. The van der Waals surface area contributed by atoms with Crippen LogP contribution in [0.25, 0.3) is 11.4 Å². The summed E-state index contributed by atoms with van der Waals surface area (Å²) in [5.74, 6) is 0.768. The van der Waals surface area contributed by atoms with Gasteiger partial charge in [-0.25, -0.2) is 0 Å². The number of carbonyl (C=O) groups is 1. The van der Waals surface area contributed by atoms with Gasteiger partial charge in [0.2, 0.25) is 17.6 Å². The van der Waals surface area contributed by atoms with Crippen molar-refractivity contribution in [3.05, 3.63) is 88.0 Å². The lowest BCUT2D eigenvalue weighted by Gasteiger charge is -2.07. The van der Waals surface area contributed by atoms with Crippen molar-refractivity contribution >= 4 is 17.2 Å². The number of hydrogen-bond donors (Lipinski definition) is 0. The maximum Gasteiger partial charge on any atom is 0.248 e. The maximum absolute atomic E-state index is 12.4. The van der Waals surface area contributed by atoms with Crippen LogP contribution in [0.15, 0.2) is 75.0 Å². The van der Waals surface area contributed by atoms with Gasteiger partial charge in [-0.1, -0.05) is 41.1 Å². The zero-order valence-corrected chi connectivity index (χ0v) is 16.8. The van der Waals surface area contributed by atoms with Crippen LogP contribution < -0.4 is 5.49 Å². The number of amides is 1. The summed E-state index contributed by atoms with van der Waals surface area (Å²) in [4.78, 5) is 21.0. The molecule has 0 saturated carbocycles. The smallest absolute Gasteiger partial charge is 0.248 e. The minimum atomic E-state index is -0.218. The molecule has 0 N–H and O–H groups in total. The van der Waals surface area contributed by atoms with E-state index in [2.05, 4.69) is 46.3 Å². The highest BCUT2D eigenvalue weighted by Gasteiger charge is 2.10. The van der Waals surface area contributed by atoms with Crippen LogP contribution in [0, 0.1) is 6.92 Å². The Bertz CT molecular complexity index is 1160. The van der Waals surface area contributed by atoms with Crippen LogP contribution in [0.5, 0.6) is 0 Å². The molecule has 0 radical (unpaired) electrons. The molecule has 0 fully saturated rings. The number of hydrogen-bond acceptors (Lipinski definition) is 5. The van der Waals surface area contributed by atoms with Gasteiger partial charge >= 0.3 is 0 Å². The summed E-state index contributed by atoms with van der Waals surface area (Å²) in [6.45, 7) is 2.71. The van der Waals surface area contributed by atoms with Crippen LogP contribution in [0.1, 0.15) is 23.4 Å². The Hall–Kier alpha value is -3.32. The highest BCUT2D eigenvalue weighted by atomic mass is 32.1. The molecule has 0 saturated heterocycles. The second kappa shape index (κ2) is 8.79. The van der Waals surface area contributed by atoms with Gasteiger partial charge in [-0.2, -0.15) is 21.3 Å². The highest BCUT2D eigenvalue weighted by Crippen LogP contribution is 2.19. The summed E-state index contributed by atoms with van der Waals surface area (Å²) in [5.41, 5.74) is 3.92.